The number of hydrogen-bond acceptors (Lipinski definition) is 18. The Morgan fingerprint density at radius 1 is 0.232 bits per heavy atom. The van der Waals surface area contributed by atoms with Crippen LogP contribution in [0.25, 0.3) is 0 Å². The number of hydrogen-bond donors (Lipinski definition) is 6. The third kappa shape index (κ3) is 26.8. The maximum absolute atomic E-state index is 10.9. The summed E-state index contributed by atoms with van der Waals surface area (Å²) in [5.74, 6) is 5.58. The van der Waals surface area contributed by atoms with Crippen LogP contribution in [0.15, 0.2) is 103 Å². The molecular weight excluding hydrogens is 1590 g/mol. The minimum Gasteiger partial charge on any atom is -0.507 e. The minimum atomic E-state index is -0.233. The van der Waals surface area contributed by atoms with Crippen LogP contribution < -0.4 is 28.4 Å². The van der Waals surface area contributed by atoms with Crippen LogP contribution in [0.5, 0.6) is 69.0 Å². The minimum absolute atomic E-state index is 0. The molecule has 0 saturated heterocycles. The van der Waals surface area contributed by atoms with Crippen molar-refractivity contribution in [2.24, 2.45) is 30.0 Å². The van der Waals surface area contributed by atoms with Gasteiger partial charge in [0.15, 0.2) is 0 Å². The van der Waals surface area contributed by atoms with Crippen LogP contribution in [-0.4, -0.2) is 147 Å². The maximum Gasteiger partial charge on any atom is 3.00 e. The number of methoxy groups -OCH3 is 6. The normalized spacial score (nSPS) is 18.5. The Balaban J connectivity index is 0.000000427. The first-order chi connectivity index (χ1) is 50.5. The average molecular weight is 1720 g/mol. The standard InChI is InChI=1S/3C30H42N2O4.4Co/c3*1-29(2,3)23-15-21(35-7)13-19(27(23)33)17-31-25-11-9-10-12-26(25)32-18-20-14-22(36-8)16-24(28(20)34)30(4,5)6;;;;/h3*13-18,25-26,33-34H,9-12H2,1-8H3;;;;/q;;;4*+3. The van der Waals surface area contributed by atoms with E-state index in [1.54, 1.807) is 79.9 Å². The Labute approximate surface area is 710 Å². The Morgan fingerprint density at radius 3 is 0.446 bits per heavy atom. The fourth-order valence-electron chi connectivity index (χ4n) is 13.9. The van der Waals surface area contributed by atoms with E-state index in [4.69, 9.17) is 58.4 Å². The van der Waals surface area contributed by atoms with Crippen LogP contribution >= 0.6 is 0 Å². The summed E-state index contributed by atoms with van der Waals surface area (Å²) in [7, 11) is 9.78. The maximum atomic E-state index is 10.9. The zero-order valence-electron chi connectivity index (χ0n) is 70.5. The molecule has 0 amide bonds. The molecule has 0 heterocycles. The van der Waals surface area contributed by atoms with E-state index in [1.807, 2.05) is 72.8 Å². The predicted molar refractivity (Wildman–Crippen MR) is 444 cm³/mol. The summed E-state index contributed by atoms with van der Waals surface area (Å²) in [6.45, 7) is 37.1. The molecule has 6 aromatic carbocycles. The van der Waals surface area contributed by atoms with Crippen molar-refractivity contribution in [3.63, 3.8) is 0 Å². The van der Waals surface area contributed by atoms with Gasteiger partial charge in [0.2, 0.25) is 0 Å². The molecular formula is C90H126Co4N6O12+12. The second-order valence-corrected chi connectivity index (χ2v) is 35.1. The van der Waals surface area contributed by atoms with Crippen LogP contribution in [0.1, 0.15) is 268 Å². The smallest absolute Gasteiger partial charge is 0.507 e. The second-order valence-electron chi connectivity index (χ2n) is 35.1. The molecule has 6 aromatic rings. The second kappa shape index (κ2) is 42.5. The van der Waals surface area contributed by atoms with Gasteiger partial charge in [-0.05, 0) is 144 Å². The Hall–Kier alpha value is -7.03. The molecule has 0 radical (unpaired) electrons. The molecule has 3 fully saturated rings. The first-order valence-corrected chi connectivity index (χ1v) is 38.2. The summed E-state index contributed by atoms with van der Waals surface area (Å²) < 4.78 is 32.9. The van der Waals surface area contributed by atoms with Crippen LogP contribution in [0.4, 0.5) is 0 Å². The van der Waals surface area contributed by atoms with Gasteiger partial charge in [0.1, 0.15) is 69.0 Å². The van der Waals surface area contributed by atoms with Crippen LogP contribution in [0.3, 0.4) is 0 Å². The first-order valence-electron chi connectivity index (χ1n) is 38.2. The zero-order chi connectivity index (χ0) is 80.0. The fourth-order valence-corrected chi connectivity index (χ4v) is 13.9. The molecule has 0 spiro atoms. The van der Waals surface area contributed by atoms with Crippen LogP contribution in [0.2, 0.25) is 0 Å². The van der Waals surface area contributed by atoms with Crippen molar-refractivity contribution >= 4 is 37.3 Å². The SMILES string of the molecule is COc1cc(C=NC2CCCCC2N=Cc2cc(OC)cc(C(C)(C)C)c2O)c(O)c(C(C)(C)C)c1.COc1cc(C=NC2CCCCC2N=Cc2cc(OC)cc(C(C)(C)C)c2O)c(O)c(C(C)(C)C)c1.COc1cc(C=NC2CCCCC2N=Cc2cc(OC)cc(C(C)(C)C)c2O)c(O)c(C(C)(C)C)c1.[Co+3].[Co+3].[Co+3].[Co+3]. The summed E-state index contributed by atoms with van der Waals surface area (Å²) in [5.41, 5.74) is 7.42. The van der Waals surface area contributed by atoms with E-state index in [1.165, 1.54) is 0 Å². The number of aliphatic imine (C=N–C) groups is 6. The predicted octanol–water partition coefficient (Wildman–Crippen LogP) is 19.7. The van der Waals surface area contributed by atoms with Crippen molar-refractivity contribution in [2.45, 2.75) is 270 Å². The topological polar surface area (TPSA) is 251 Å². The molecule has 6 atom stereocenters. The number of rotatable bonds is 18. The van der Waals surface area contributed by atoms with Gasteiger partial charge in [0, 0.05) is 104 Å². The molecule has 3 aliphatic rings. The van der Waals surface area contributed by atoms with Gasteiger partial charge >= 0.3 is 67.1 Å². The van der Waals surface area contributed by atoms with Gasteiger partial charge < -0.3 is 59.1 Å². The van der Waals surface area contributed by atoms with Crippen molar-refractivity contribution in [2.75, 3.05) is 42.7 Å². The third-order valence-corrected chi connectivity index (χ3v) is 20.5. The monoisotopic (exact) mass is 1720 g/mol. The number of phenolic OH excluding ortho intramolecular Hbond substituents is 6. The van der Waals surface area contributed by atoms with Crippen LogP contribution in [0, 0.1) is 0 Å². The van der Waals surface area contributed by atoms with Crippen molar-refractivity contribution in [1.29, 1.82) is 0 Å². The Bertz CT molecular complexity index is 3550. The summed E-state index contributed by atoms with van der Waals surface area (Å²) in [5, 5.41) is 65.7. The molecule has 612 valence electrons. The molecule has 6 N–H and O–H groups in total. The van der Waals surface area contributed by atoms with Gasteiger partial charge in [0.05, 0.1) is 78.9 Å². The summed E-state index contributed by atoms with van der Waals surface area (Å²) in [6.07, 6.45) is 22.6. The first kappa shape index (κ1) is 99.2. The number of ether oxygens (including phenoxy) is 6. The fraction of sp³-hybridized carbons (Fsp3) is 0.533. The number of nitrogens with zero attached hydrogens (tertiary/aromatic N) is 6. The molecule has 3 aliphatic carbocycles. The third-order valence-electron chi connectivity index (χ3n) is 20.5. The van der Waals surface area contributed by atoms with Crippen molar-refractivity contribution in [3.05, 3.63) is 140 Å². The summed E-state index contributed by atoms with van der Waals surface area (Å²) in [6, 6.07) is 22.2. The molecule has 112 heavy (non-hydrogen) atoms. The van der Waals surface area contributed by atoms with E-state index in [-0.39, 0.29) is 170 Å². The van der Waals surface area contributed by atoms with Gasteiger partial charge in [-0.25, -0.2) is 0 Å². The largest absolute Gasteiger partial charge is 3.00 e. The van der Waals surface area contributed by atoms with Gasteiger partial charge in [0.25, 0.3) is 0 Å². The Kier molecular flexibility index (Phi) is 37.7. The number of aromatic hydroxyl groups is 6. The van der Waals surface area contributed by atoms with Gasteiger partial charge in [-0.1, -0.05) is 163 Å². The Morgan fingerprint density at radius 2 is 0.348 bits per heavy atom. The van der Waals surface area contributed by atoms with Crippen molar-refractivity contribution < 1.29 is 126 Å². The summed E-state index contributed by atoms with van der Waals surface area (Å²) in [4.78, 5) is 29.3. The quantitative estimate of drug-likeness (QED) is 0.0440. The molecule has 0 bridgehead atoms. The van der Waals surface area contributed by atoms with Crippen molar-refractivity contribution in [3.8, 4) is 69.0 Å². The van der Waals surface area contributed by atoms with Gasteiger partial charge in [-0.2, -0.15) is 0 Å². The van der Waals surface area contributed by atoms with E-state index in [0.29, 0.717) is 67.9 Å². The molecule has 0 aliphatic heterocycles. The number of phenols is 6. The van der Waals surface area contributed by atoms with Gasteiger partial charge in [-0.15, -0.1) is 0 Å². The molecule has 22 heteroatoms. The number of benzene rings is 6. The molecule has 6 unspecified atom stereocenters. The van der Waals surface area contributed by atoms with E-state index in [9.17, 15) is 30.6 Å². The van der Waals surface area contributed by atoms with Gasteiger partial charge in [-0.3, -0.25) is 30.0 Å². The van der Waals surface area contributed by atoms with E-state index >= 15 is 0 Å². The van der Waals surface area contributed by atoms with E-state index in [0.717, 1.165) is 110 Å². The average Bonchev–Trinajstić information content (AvgIpc) is 0.831. The molecule has 18 nitrogen and oxygen atoms in total. The zero-order valence-corrected chi connectivity index (χ0v) is 74.7. The van der Waals surface area contributed by atoms with Crippen molar-refractivity contribution in [1.82, 2.24) is 0 Å². The van der Waals surface area contributed by atoms with E-state index in [2.05, 4.69) is 125 Å². The van der Waals surface area contributed by atoms with E-state index < -0.39 is 0 Å². The van der Waals surface area contributed by atoms with Crippen LogP contribution in [-0.2, 0) is 99.6 Å². The molecule has 9 rings (SSSR count). The summed E-state index contributed by atoms with van der Waals surface area (Å²) >= 11 is 0. The molecule has 3 saturated carbocycles. The molecule has 0 aromatic heterocycles.